The van der Waals surface area contributed by atoms with E-state index < -0.39 is 0 Å². The zero-order valence-corrected chi connectivity index (χ0v) is 9.24. The lowest BCUT2D eigenvalue weighted by molar-refractivity contribution is 0.942. The second-order valence-electron chi connectivity index (χ2n) is 3.79. The molecule has 0 aliphatic carbocycles. The van der Waals surface area contributed by atoms with Gasteiger partial charge in [0.2, 0.25) is 0 Å². The van der Waals surface area contributed by atoms with E-state index in [1.165, 1.54) is 0 Å². The topological polar surface area (TPSA) is 56.2 Å². The number of fused-ring (bicyclic) bond motifs is 1. The van der Waals surface area contributed by atoms with Crippen molar-refractivity contribution in [2.45, 2.75) is 6.54 Å². The van der Waals surface area contributed by atoms with Crippen LogP contribution in [0.3, 0.4) is 0 Å². The van der Waals surface area contributed by atoms with E-state index in [0.29, 0.717) is 6.54 Å². The highest BCUT2D eigenvalue weighted by Crippen LogP contribution is 2.24. The minimum Gasteiger partial charge on any atom is -0.326 e. The van der Waals surface area contributed by atoms with Gasteiger partial charge in [-0.2, -0.15) is 5.10 Å². The van der Waals surface area contributed by atoms with Gasteiger partial charge >= 0.3 is 0 Å². The van der Waals surface area contributed by atoms with Gasteiger partial charge < -0.3 is 5.73 Å². The Morgan fingerprint density at radius 3 is 2.71 bits per heavy atom. The fourth-order valence-corrected chi connectivity index (χ4v) is 1.95. The molecule has 0 atom stereocenters. The number of hydrogen-bond donors (Lipinski definition) is 1. The van der Waals surface area contributed by atoms with Crippen LogP contribution in [0, 0.1) is 0 Å². The Bertz CT molecular complexity index is 643. The van der Waals surface area contributed by atoms with Gasteiger partial charge in [-0.15, -0.1) is 0 Å². The molecule has 0 spiro atoms. The lowest BCUT2D eigenvalue weighted by Crippen LogP contribution is -1.98. The van der Waals surface area contributed by atoms with E-state index in [-0.39, 0.29) is 0 Å². The predicted octanol–water partition coefficient (Wildman–Crippen LogP) is 1.85. The van der Waals surface area contributed by atoms with Crippen LogP contribution in [-0.2, 0) is 6.54 Å². The Balaban J connectivity index is 2.30. The summed E-state index contributed by atoms with van der Waals surface area (Å²) in [6.45, 7) is 0.435. The minimum atomic E-state index is 0.435. The zero-order valence-electron chi connectivity index (χ0n) is 9.24. The molecule has 0 saturated heterocycles. The van der Waals surface area contributed by atoms with E-state index in [2.05, 4.69) is 10.1 Å². The maximum atomic E-state index is 5.81. The summed E-state index contributed by atoms with van der Waals surface area (Å²) in [4.78, 5) is 4.32. The van der Waals surface area contributed by atoms with E-state index in [1.807, 2.05) is 42.6 Å². The highest BCUT2D eigenvalue weighted by Gasteiger charge is 2.13. The van der Waals surface area contributed by atoms with Gasteiger partial charge in [0.25, 0.3) is 0 Å². The molecule has 2 heterocycles. The van der Waals surface area contributed by atoms with Gasteiger partial charge in [0, 0.05) is 30.1 Å². The first kappa shape index (κ1) is 9.99. The molecule has 2 N–H and O–H groups in total. The normalized spacial score (nSPS) is 10.9. The lowest BCUT2D eigenvalue weighted by atomic mass is 10.1. The molecule has 0 aliphatic heterocycles. The maximum absolute atomic E-state index is 5.81. The standard InChI is InChI=1S/C13H12N4/c14-9-11-12(10-5-2-1-3-6-10)16-17-8-4-7-15-13(11)17/h1-8H,9,14H2. The van der Waals surface area contributed by atoms with Crippen LogP contribution >= 0.6 is 0 Å². The van der Waals surface area contributed by atoms with Crippen LogP contribution in [0.15, 0.2) is 48.8 Å². The summed E-state index contributed by atoms with van der Waals surface area (Å²) in [5.74, 6) is 0. The van der Waals surface area contributed by atoms with Crippen LogP contribution < -0.4 is 5.73 Å². The summed E-state index contributed by atoms with van der Waals surface area (Å²) in [5.41, 5.74) is 9.59. The Morgan fingerprint density at radius 2 is 1.94 bits per heavy atom. The Morgan fingerprint density at radius 1 is 1.12 bits per heavy atom. The van der Waals surface area contributed by atoms with Crippen LogP contribution in [0.25, 0.3) is 16.9 Å². The zero-order chi connectivity index (χ0) is 11.7. The first-order chi connectivity index (χ1) is 8.40. The van der Waals surface area contributed by atoms with Gasteiger partial charge in [0.15, 0.2) is 5.65 Å². The third-order valence-corrected chi connectivity index (χ3v) is 2.74. The van der Waals surface area contributed by atoms with Gasteiger partial charge in [-0.05, 0) is 6.07 Å². The Labute approximate surface area is 98.7 Å². The summed E-state index contributed by atoms with van der Waals surface area (Å²) in [5, 5.41) is 4.53. The first-order valence-electron chi connectivity index (χ1n) is 5.48. The average molecular weight is 224 g/mol. The van der Waals surface area contributed by atoms with Crippen LogP contribution in [-0.4, -0.2) is 14.6 Å². The van der Waals surface area contributed by atoms with Crippen molar-refractivity contribution in [1.29, 1.82) is 0 Å². The summed E-state index contributed by atoms with van der Waals surface area (Å²) in [6, 6.07) is 11.9. The molecule has 0 aliphatic rings. The molecule has 17 heavy (non-hydrogen) atoms. The molecule has 0 amide bonds. The SMILES string of the molecule is NCc1c(-c2ccccc2)nn2cccnc12. The molecule has 1 aromatic carbocycles. The monoisotopic (exact) mass is 224 g/mol. The number of nitrogens with zero attached hydrogens (tertiary/aromatic N) is 3. The molecular weight excluding hydrogens is 212 g/mol. The highest BCUT2D eigenvalue weighted by molar-refractivity contribution is 5.70. The Kier molecular flexibility index (Phi) is 2.34. The van der Waals surface area contributed by atoms with Gasteiger partial charge in [0.1, 0.15) is 0 Å². The molecule has 0 unspecified atom stereocenters. The number of benzene rings is 1. The molecule has 4 nitrogen and oxygen atoms in total. The van der Waals surface area contributed by atoms with Crippen LogP contribution in [0.5, 0.6) is 0 Å². The van der Waals surface area contributed by atoms with Crippen LogP contribution in [0.4, 0.5) is 0 Å². The third kappa shape index (κ3) is 1.59. The third-order valence-electron chi connectivity index (χ3n) is 2.74. The van der Waals surface area contributed by atoms with Crippen molar-refractivity contribution in [3.8, 4) is 11.3 Å². The Hall–Kier alpha value is -2.20. The lowest BCUT2D eigenvalue weighted by Gasteiger charge is -1.98. The minimum absolute atomic E-state index is 0.435. The van der Waals surface area contributed by atoms with Crippen LogP contribution in [0.2, 0.25) is 0 Å². The molecule has 0 fully saturated rings. The quantitative estimate of drug-likeness (QED) is 0.722. The number of rotatable bonds is 2. The summed E-state index contributed by atoms with van der Waals surface area (Å²) < 4.78 is 1.77. The second kappa shape index (κ2) is 3.99. The molecule has 4 heteroatoms. The van der Waals surface area contributed by atoms with Crippen molar-refractivity contribution in [3.05, 3.63) is 54.4 Å². The molecule has 3 rings (SSSR count). The van der Waals surface area contributed by atoms with Gasteiger partial charge in [-0.1, -0.05) is 30.3 Å². The number of hydrogen-bond acceptors (Lipinski definition) is 3. The van der Waals surface area contributed by atoms with Crippen molar-refractivity contribution < 1.29 is 0 Å². The molecule has 84 valence electrons. The van der Waals surface area contributed by atoms with Crippen molar-refractivity contribution in [2.24, 2.45) is 5.73 Å². The van der Waals surface area contributed by atoms with Crippen molar-refractivity contribution in [1.82, 2.24) is 14.6 Å². The number of aromatic nitrogens is 3. The van der Waals surface area contributed by atoms with Gasteiger partial charge in [-0.25, -0.2) is 9.50 Å². The number of nitrogens with two attached hydrogens (primary N) is 1. The molecule has 0 bridgehead atoms. The summed E-state index contributed by atoms with van der Waals surface area (Å²) >= 11 is 0. The molecule has 3 aromatic rings. The van der Waals surface area contributed by atoms with E-state index in [0.717, 1.165) is 22.5 Å². The van der Waals surface area contributed by atoms with E-state index in [9.17, 15) is 0 Å². The summed E-state index contributed by atoms with van der Waals surface area (Å²) in [6.07, 6.45) is 3.64. The highest BCUT2D eigenvalue weighted by atomic mass is 15.2. The molecular formula is C13H12N4. The largest absolute Gasteiger partial charge is 0.326 e. The van der Waals surface area contributed by atoms with E-state index >= 15 is 0 Å². The van der Waals surface area contributed by atoms with Crippen molar-refractivity contribution >= 4 is 5.65 Å². The molecule has 0 saturated carbocycles. The van der Waals surface area contributed by atoms with E-state index in [4.69, 9.17) is 5.73 Å². The second-order valence-corrected chi connectivity index (χ2v) is 3.79. The fourth-order valence-electron chi connectivity index (χ4n) is 1.95. The molecule has 0 radical (unpaired) electrons. The molecule has 2 aromatic heterocycles. The van der Waals surface area contributed by atoms with Crippen molar-refractivity contribution in [2.75, 3.05) is 0 Å². The van der Waals surface area contributed by atoms with E-state index in [1.54, 1.807) is 10.7 Å². The van der Waals surface area contributed by atoms with Gasteiger partial charge in [-0.3, -0.25) is 0 Å². The first-order valence-corrected chi connectivity index (χ1v) is 5.48. The predicted molar refractivity (Wildman–Crippen MR) is 66.3 cm³/mol. The summed E-state index contributed by atoms with van der Waals surface area (Å²) in [7, 11) is 0. The van der Waals surface area contributed by atoms with Crippen molar-refractivity contribution in [3.63, 3.8) is 0 Å². The van der Waals surface area contributed by atoms with Crippen LogP contribution in [0.1, 0.15) is 5.56 Å². The van der Waals surface area contributed by atoms with Gasteiger partial charge in [0.05, 0.1) is 5.69 Å². The smallest absolute Gasteiger partial charge is 0.160 e. The fraction of sp³-hybridized carbons (Fsp3) is 0.0769. The maximum Gasteiger partial charge on any atom is 0.160 e. The average Bonchev–Trinajstić information content (AvgIpc) is 2.78.